The van der Waals surface area contributed by atoms with Crippen molar-refractivity contribution in [3.05, 3.63) is 18.5 Å². The zero-order valence-electron chi connectivity index (χ0n) is 20.0. The number of hydrogen-bond donors (Lipinski definition) is 5. The van der Waals surface area contributed by atoms with Gasteiger partial charge in [-0.05, 0) is 19.9 Å². The molecule has 3 aliphatic heterocycles. The van der Waals surface area contributed by atoms with Crippen LogP contribution in [0.2, 0.25) is 0 Å². The molecule has 3 aliphatic rings. The second-order valence-electron chi connectivity index (χ2n) is 10.0. The van der Waals surface area contributed by atoms with Gasteiger partial charge in [-0.15, -0.1) is 0 Å². The molecule has 7 N–H and O–H groups in total. The molecule has 0 spiro atoms. The van der Waals surface area contributed by atoms with Crippen LogP contribution in [0.15, 0.2) is 18.5 Å². The van der Waals surface area contributed by atoms with Crippen LogP contribution in [0.5, 0.6) is 0 Å². The topological polar surface area (TPSA) is 158 Å². The van der Waals surface area contributed by atoms with E-state index in [0.717, 1.165) is 45.1 Å². The molecule has 11 nitrogen and oxygen atoms in total. The normalized spacial score (nSPS) is 25.5. The van der Waals surface area contributed by atoms with Crippen molar-refractivity contribution in [2.24, 2.45) is 28.7 Å². The summed E-state index contributed by atoms with van der Waals surface area (Å²) in [6.07, 6.45) is 2.16. The Hall–Kier alpha value is -2.33. The molecule has 186 valence electrons. The van der Waals surface area contributed by atoms with Crippen LogP contribution in [0.1, 0.15) is 13.8 Å². The first-order chi connectivity index (χ1) is 16.3. The summed E-state index contributed by atoms with van der Waals surface area (Å²) in [7, 11) is 0. The highest BCUT2D eigenvalue weighted by Gasteiger charge is 2.39. The molecule has 1 aromatic heterocycles. The Balaban J connectivity index is 1.40. The Morgan fingerprint density at radius 1 is 1.26 bits per heavy atom. The molecule has 0 radical (unpaired) electrons. The molecule has 0 aromatic carbocycles. The van der Waals surface area contributed by atoms with Crippen molar-refractivity contribution in [3.63, 3.8) is 0 Å². The van der Waals surface area contributed by atoms with E-state index in [9.17, 15) is 10.1 Å². The van der Waals surface area contributed by atoms with Crippen LogP contribution >= 0.6 is 0 Å². The zero-order chi connectivity index (χ0) is 24.3. The van der Waals surface area contributed by atoms with E-state index in [0.29, 0.717) is 24.8 Å². The molecular weight excluding hydrogens is 434 g/mol. The molecule has 0 saturated carbocycles. The number of nitrogens with zero attached hydrogens (tertiary/aromatic N) is 4. The lowest BCUT2D eigenvalue weighted by Gasteiger charge is -2.43. The fraction of sp³-hybridized carbons (Fsp3) is 0.696. The molecule has 1 unspecified atom stereocenters. The first-order valence-electron chi connectivity index (χ1n) is 12.0. The first-order valence-corrected chi connectivity index (χ1v) is 12.0. The van der Waals surface area contributed by atoms with Crippen LogP contribution in [-0.2, 0) is 9.53 Å². The smallest absolute Gasteiger partial charge is 0.233 e. The number of anilines is 2. The highest BCUT2D eigenvalue weighted by atomic mass is 16.5. The molecule has 1 amide bonds. The van der Waals surface area contributed by atoms with Gasteiger partial charge >= 0.3 is 0 Å². The minimum Gasteiger partial charge on any atom is -0.378 e. The van der Waals surface area contributed by atoms with Gasteiger partial charge in [-0.2, -0.15) is 5.26 Å². The maximum Gasteiger partial charge on any atom is 0.233 e. The summed E-state index contributed by atoms with van der Waals surface area (Å²) >= 11 is 0. The number of pyridine rings is 1. The Morgan fingerprint density at radius 3 is 2.50 bits per heavy atom. The molecule has 3 fully saturated rings. The second kappa shape index (κ2) is 10.5. The number of amides is 1. The molecule has 4 rings (SSSR count). The standard InChI is InChI=1S/C23H37N9O2/c1-23(2,14-24)15-9-28-21(29-10-15)19(20(25)26)22(33)30-17-11-27-4-3-18(17)32-7-5-31(6-8-32)16-12-34-13-16/h3-4,11,15-16,19-21,28-29H,5-10,12-13,25-26H2,1-2H3,(H,30,33). The van der Waals surface area contributed by atoms with E-state index >= 15 is 0 Å². The number of nitrogens with two attached hydrogens (primary N) is 2. The summed E-state index contributed by atoms with van der Waals surface area (Å²) in [5.41, 5.74) is 13.2. The van der Waals surface area contributed by atoms with Gasteiger partial charge in [0.05, 0.1) is 66.6 Å². The van der Waals surface area contributed by atoms with Crippen molar-refractivity contribution in [1.29, 1.82) is 5.26 Å². The number of ether oxygens (including phenoxy) is 1. The van der Waals surface area contributed by atoms with E-state index < -0.39 is 17.5 Å². The predicted octanol–water partition coefficient (Wildman–Crippen LogP) is -0.915. The molecule has 4 heterocycles. The average molecular weight is 472 g/mol. The largest absolute Gasteiger partial charge is 0.378 e. The minimum atomic E-state index is -0.862. The molecule has 34 heavy (non-hydrogen) atoms. The summed E-state index contributed by atoms with van der Waals surface area (Å²) in [5.74, 6) is -0.853. The number of hydrogen-bond acceptors (Lipinski definition) is 10. The Morgan fingerprint density at radius 2 is 1.94 bits per heavy atom. The number of nitriles is 1. The van der Waals surface area contributed by atoms with E-state index in [2.05, 4.69) is 36.8 Å². The summed E-state index contributed by atoms with van der Waals surface area (Å²) in [5, 5.41) is 19.1. The Labute approximate surface area is 201 Å². The molecule has 0 aliphatic carbocycles. The van der Waals surface area contributed by atoms with Gasteiger partial charge in [0.2, 0.25) is 5.91 Å². The van der Waals surface area contributed by atoms with Crippen LogP contribution < -0.4 is 32.3 Å². The van der Waals surface area contributed by atoms with Crippen LogP contribution in [0, 0.1) is 28.6 Å². The van der Waals surface area contributed by atoms with E-state index in [-0.39, 0.29) is 18.0 Å². The van der Waals surface area contributed by atoms with Crippen molar-refractivity contribution >= 4 is 17.3 Å². The van der Waals surface area contributed by atoms with Gasteiger partial charge in [-0.25, -0.2) is 0 Å². The van der Waals surface area contributed by atoms with Crippen molar-refractivity contribution in [2.45, 2.75) is 32.2 Å². The van der Waals surface area contributed by atoms with Crippen LogP contribution in [0.25, 0.3) is 0 Å². The van der Waals surface area contributed by atoms with Crippen LogP contribution in [-0.4, -0.2) is 86.6 Å². The third-order valence-electron chi connectivity index (χ3n) is 7.40. The number of aromatic nitrogens is 1. The lowest BCUT2D eigenvalue weighted by Crippen LogP contribution is -2.65. The number of piperazine rings is 1. The van der Waals surface area contributed by atoms with E-state index in [1.807, 2.05) is 19.9 Å². The molecule has 1 aromatic rings. The number of carbonyl (C=O) groups is 1. The molecule has 11 heteroatoms. The van der Waals surface area contributed by atoms with E-state index in [1.165, 1.54) is 0 Å². The third-order valence-corrected chi connectivity index (χ3v) is 7.40. The molecule has 1 atom stereocenters. The lowest BCUT2D eigenvalue weighted by atomic mass is 9.78. The summed E-state index contributed by atoms with van der Waals surface area (Å²) < 4.78 is 5.33. The van der Waals surface area contributed by atoms with Gasteiger partial charge in [0.25, 0.3) is 0 Å². The van der Waals surface area contributed by atoms with Gasteiger partial charge in [0, 0.05) is 51.4 Å². The maximum absolute atomic E-state index is 13.3. The molecule has 3 saturated heterocycles. The summed E-state index contributed by atoms with van der Waals surface area (Å²) in [4.78, 5) is 22.3. The predicted molar refractivity (Wildman–Crippen MR) is 130 cm³/mol. The van der Waals surface area contributed by atoms with Crippen molar-refractivity contribution in [1.82, 2.24) is 20.5 Å². The number of nitrogens with one attached hydrogen (secondary N) is 3. The van der Waals surface area contributed by atoms with Crippen molar-refractivity contribution in [2.75, 3.05) is 62.7 Å². The maximum atomic E-state index is 13.3. The van der Waals surface area contributed by atoms with Gasteiger partial charge in [-0.1, -0.05) is 0 Å². The number of rotatable bonds is 7. The summed E-state index contributed by atoms with van der Waals surface area (Å²) in [6, 6.07) is 4.82. The van der Waals surface area contributed by atoms with Gasteiger partial charge < -0.3 is 37.1 Å². The monoisotopic (exact) mass is 471 g/mol. The van der Waals surface area contributed by atoms with Crippen LogP contribution in [0.3, 0.4) is 0 Å². The fourth-order valence-corrected chi connectivity index (χ4v) is 4.82. The number of carbonyl (C=O) groups excluding carboxylic acids is 1. The van der Waals surface area contributed by atoms with Crippen molar-refractivity contribution < 1.29 is 9.53 Å². The Bertz CT molecular complexity index is 883. The van der Waals surface area contributed by atoms with Crippen molar-refractivity contribution in [3.8, 4) is 6.07 Å². The molecule has 0 bridgehead atoms. The lowest BCUT2D eigenvalue weighted by molar-refractivity contribution is -0.122. The second-order valence-corrected chi connectivity index (χ2v) is 10.0. The zero-order valence-corrected chi connectivity index (χ0v) is 20.0. The van der Waals surface area contributed by atoms with E-state index in [1.54, 1.807) is 12.4 Å². The van der Waals surface area contributed by atoms with Gasteiger partial charge in [0.1, 0.15) is 0 Å². The molecular formula is C23H37N9O2. The van der Waals surface area contributed by atoms with E-state index in [4.69, 9.17) is 16.2 Å². The third kappa shape index (κ3) is 5.33. The Kier molecular flexibility index (Phi) is 7.67. The fourth-order valence-electron chi connectivity index (χ4n) is 4.82. The SMILES string of the molecule is CC(C)(C#N)C1CNC(C(C(=O)Nc2cnccc2N2CCN(C3COC3)CC2)C(N)N)NC1. The van der Waals surface area contributed by atoms with Gasteiger partial charge in [-0.3, -0.25) is 14.7 Å². The summed E-state index contributed by atoms with van der Waals surface area (Å²) in [6.45, 7) is 10.3. The highest BCUT2D eigenvalue weighted by Crippen LogP contribution is 2.29. The van der Waals surface area contributed by atoms with Crippen LogP contribution in [0.4, 0.5) is 11.4 Å². The first kappa shape index (κ1) is 24.8. The van der Waals surface area contributed by atoms with Gasteiger partial charge in [0.15, 0.2) is 0 Å². The quantitative estimate of drug-likeness (QED) is 0.315. The highest BCUT2D eigenvalue weighted by molar-refractivity contribution is 5.96. The minimum absolute atomic E-state index is 0.113. The average Bonchev–Trinajstić information content (AvgIpc) is 2.79.